The number of carboxylic acid groups (broad SMARTS) is 1. The first kappa shape index (κ1) is 26.2. The van der Waals surface area contributed by atoms with Crippen molar-refractivity contribution < 1.29 is 9.90 Å². The van der Waals surface area contributed by atoms with E-state index >= 15 is 0 Å². The van der Waals surface area contributed by atoms with Gasteiger partial charge in [-0.05, 0) is 44.9 Å². The molecular formula is C24H47NO2. The summed E-state index contributed by atoms with van der Waals surface area (Å²) >= 11 is 0. The van der Waals surface area contributed by atoms with Crippen molar-refractivity contribution in [3.05, 3.63) is 12.2 Å². The number of allylic oxidation sites excluding steroid dienone is 2. The van der Waals surface area contributed by atoms with Gasteiger partial charge in [-0.1, -0.05) is 89.7 Å². The lowest BCUT2D eigenvalue weighted by atomic mass is 9.97. The second-order valence-electron chi connectivity index (χ2n) is 8.13. The monoisotopic (exact) mass is 381 g/mol. The lowest BCUT2D eigenvalue weighted by Gasteiger charge is -2.15. The minimum Gasteiger partial charge on any atom is -0.481 e. The normalized spacial score (nSPS) is 14.9. The number of carbonyl (C=O) groups is 1. The molecular weight excluding hydrogens is 334 g/mol. The Kier molecular flexibility index (Phi) is 20.8. The van der Waals surface area contributed by atoms with Crippen LogP contribution in [0.15, 0.2) is 12.2 Å². The molecule has 160 valence electrons. The fraction of sp³-hybridized carbons (Fsp3) is 0.875. The number of carboxylic acids is 1. The maximum atomic E-state index is 10.3. The van der Waals surface area contributed by atoms with Crippen molar-refractivity contribution in [1.29, 1.82) is 0 Å². The third kappa shape index (κ3) is 23.1. The molecule has 1 aliphatic carbocycles. The smallest absolute Gasteiger partial charge is 0.303 e. The molecule has 0 bridgehead atoms. The molecule has 3 heteroatoms. The van der Waals surface area contributed by atoms with Crippen molar-refractivity contribution in [3.8, 4) is 0 Å². The summed E-state index contributed by atoms with van der Waals surface area (Å²) in [5.74, 6) is -0.664. The van der Waals surface area contributed by atoms with Crippen LogP contribution >= 0.6 is 0 Å². The third-order valence-corrected chi connectivity index (χ3v) is 5.30. The number of aliphatic carboxylic acids is 1. The van der Waals surface area contributed by atoms with Crippen LogP contribution in [0.2, 0.25) is 0 Å². The van der Waals surface area contributed by atoms with E-state index in [9.17, 15) is 4.79 Å². The first-order valence-corrected chi connectivity index (χ1v) is 11.8. The van der Waals surface area contributed by atoms with E-state index in [1.54, 1.807) is 0 Å². The highest BCUT2D eigenvalue weighted by molar-refractivity contribution is 5.66. The molecule has 1 aliphatic rings. The molecule has 0 saturated heterocycles. The van der Waals surface area contributed by atoms with E-state index in [0.29, 0.717) is 12.5 Å². The Hall–Kier alpha value is -0.830. The Morgan fingerprint density at radius 3 is 1.74 bits per heavy atom. The van der Waals surface area contributed by atoms with E-state index in [-0.39, 0.29) is 0 Å². The van der Waals surface area contributed by atoms with Crippen molar-refractivity contribution in [2.45, 2.75) is 135 Å². The average molecular weight is 382 g/mol. The molecule has 0 heterocycles. The van der Waals surface area contributed by atoms with Crippen molar-refractivity contribution in [1.82, 2.24) is 0 Å². The first-order chi connectivity index (χ1) is 13.2. The highest BCUT2D eigenvalue weighted by Crippen LogP contribution is 2.14. The molecule has 0 unspecified atom stereocenters. The van der Waals surface area contributed by atoms with Crippen molar-refractivity contribution in [3.63, 3.8) is 0 Å². The highest BCUT2D eigenvalue weighted by Gasteiger charge is 2.06. The van der Waals surface area contributed by atoms with Crippen LogP contribution in [-0.2, 0) is 4.79 Å². The molecule has 1 rings (SSSR count). The summed E-state index contributed by atoms with van der Waals surface area (Å²) in [6.07, 6.45) is 27.9. The van der Waals surface area contributed by atoms with Gasteiger partial charge in [-0.25, -0.2) is 0 Å². The van der Waals surface area contributed by atoms with Gasteiger partial charge in [0.05, 0.1) is 0 Å². The van der Waals surface area contributed by atoms with Crippen LogP contribution in [-0.4, -0.2) is 17.1 Å². The van der Waals surface area contributed by atoms with Gasteiger partial charge in [0.1, 0.15) is 0 Å². The van der Waals surface area contributed by atoms with E-state index in [4.69, 9.17) is 10.8 Å². The quantitative estimate of drug-likeness (QED) is 0.230. The summed E-state index contributed by atoms with van der Waals surface area (Å²) in [4.78, 5) is 10.3. The fourth-order valence-electron chi connectivity index (χ4n) is 3.48. The number of nitrogens with two attached hydrogens (primary N) is 1. The lowest BCUT2D eigenvalue weighted by molar-refractivity contribution is -0.137. The maximum Gasteiger partial charge on any atom is 0.303 e. The predicted molar refractivity (Wildman–Crippen MR) is 118 cm³/mol. The summed E-state index contributed by atoms with van der Waals surface area (Å²) in [5.41, 5.74) is 5.63. The molecule has 0 atom stereocenters. The summed E-state index contributed by atoms with van der Waals surface area (Å²) in [6, 6.07) is 0.536. The molecule has 27 heavy (non-hydrogen) atoms. The molecule has 0 aromatic rings. The summed E-state index contributed by atoms with van der Waals surface area (Å²) in [7, 11) is 0. The van der Waals surface area contributed by atoms with E-state index in [1.807, 2.05) is 0 Å². The lowest BCUT2D eigenvalue weighted by Crippen LogP contribution is -2.22. The Balaban J connectivity index is 0.000000797. The molecule has 0 spiro atoms. The standard InChI is InChI=1S/C18H34O2.C6H13N/c1-2-3-4-5-6-7-8-9-10-11-12-13-14-15-16-17-18(19)20;7-6-4-2-1-3-5-6/h9-10H,2-8,11-17H2,1H3,(H,19,20);6H,1-5,7H2/b10-9-;. The Morgan fingerprint density at radius 1 is 0.815 bits per heavy atom. The Bertz CT molecular complexity index is 335. The van der Waals surface area contributed by atoms with Crippen LogP contribution in [0.1, 0.15) is 129 Å². The summed E-state index contributed by atoms with van der Waals surface area (Å²) in [6.45, 7) is 2.26. The molecule has 3 N–H and O–H groups in total. The zero-order valence-corrected chi connectivity index (χ0v) is 18.1. The second kappa shape index (κ2) is 21.5. The van der Waals surface area contributed by atoms with Gasteiger partial charge in [0.15, 0.2) is 0 Å². The number of hydrogen-bond acceptors (Lipinski definition) is 2. The van der Waals surface area contributed by atoms with Crippen LogP contribution in [0.4, 0.5) is 0 Å². The van der Waals surface area contributed by atoms with Crippen LogP contribution in [0.5, 0.6) is 0 Å². The van der Waals surface area contributed by atoms with Crippen LogP contribution in [0.3, 0.4) is 0 Å². The van der Waals surface area contributed by atoms with Gasteiger partial charge in [0.25, 0.3) is 0 Å². The first-order valence-electron chi connectivity index (χ1n) is 11.8. The topological polar surface area (TPSA) is 63.3 Å². The van der Waals surface area contributed by atoms with Gasteiger partial charge < -0.3 is 10.8 Å². The summed E-state index contributed by atoms with van der Waals surface area (Å²) < 4.78 is 0. The third-order valence-electron chi connectivity index (χ3n) is 5.30. The van der Waals surface area contributed by atoms with Gasteiger partial charge in [-0.15, -0.1) is 0 Å². The van der Waals surface area contributed by atoms with Gasteiger partial charge in [-0.3, -0.25) is 4.79 Å². The number of rotatable bonds is 15. The van der Waals surface area contributed by atoms with Crippen LogP contribution in [0, 0.1) is 0 Å². The molecule has 0 aromatic carbocycles. The van der Waals surface area contributed by atoms with Crippen LogP contribution < -0.4 is 5.73 Å². The minimum absolute atomic E-state index is 0.332. The minimum atomic E-state index is -0.664. The zero-order chi connectivity index (χ0) is 20.0. The fourth-order valence-corrected chi connectivity index (χ4v) is 3.48. The maximum absolute atomic E-state index is 10.3. The molecule has 0 aliphatic heterocycles. The zero-order valence-electron chi connectivity index (χ0n) is 18.1. The predicted octanol–water partition coefficient (Wildman–Crippen LogP) is 7.39. The van der Waals surface area contributed by atoms with Gasteiger partial charge in [0.2, 0.25) is 0 Å². The highest BCUT2D eigenvalue weighted by atomic mass is 16.4. The van der Waals surface area contributed by atoms with E-state index in [1.165, 1.54) is 103 Å². The van der Waals surface area contributed by atoms with Gasteiger partial charge in [-0.2, -0.15) is 0 Å². The summed E-state index contributed by atoms with van der Waals surface area (Å²) in [5, 5.41) is 8.51. The SMILES string of the molecule is CCCCCCCC/C=C\CCCCCCCC(=O)O.NC1CCCCC1. The van der Waals surface area contributed by atoms with E-state index in [0.717, 1.165) is 12.8 Å². The number of hydrogen-bond donors (Lipinski definition) is 2. The Labute approximate surface area is 169 Å². The average Bonchev–Trinajstić information content (AvgIpc) is 2.66. The molecule has 0 radical (unpaired) electrons. The van der Waals surface area contributed by atoms with Crippen LogP contribution in [0.25, 0.3) is 0 Å². The van der Waals surface area contributed by atoms with Crippen molar-refractivity contribution in [2.24, 2.45) is 5.73 Å². The van der Waals surface area contributed by atoms with E-state index < -0.39 is 5.97 Å². The molecule has 3 nitrogen and oxygen atoms in total. The molecule has 0 amide bonds. The van der Waals surface area contributed by atoms with Crippen molar-refractivity contribution in [2.75, 3.05) is 0 Å². The molecule has 1 fully saturated rings. The second-order valence-corrected chi connectivity index (χ2v) is 8.13. The molecule has 0 aromatic heterocycles. The van der Waals surface area contributed by atoms with Gasteiger partial charge >= 0.3 is 5.97 Å². The molecule has 1 saturated carbocycles. The van der Waals surface area contributed by atoms with E-state index in [2.05, 4.69) is 19.1 Å². The number of unbranched alkanes of at least 4 members (excludes halogenated alkanes) is 11. The Morgan fingerprint density at radius 2 is 1.30 bits per heavy atom. The largest absolute Gasteiger partial charge is 0.481 e. The van der Waals surface area contributed by atoms with Crippen molar-refractivity contribution >= 4 is 5.97 Å². The van der Waals surface area contributed by atoms with Gasteiger partial charge in [0, 0.05) is 12.5 Å².